The fourth-order valence-corrected chi connectivity index (χ4v) is 2.53. The maximum atomic E-state index is 12.5. The van der Waals surface area contributed by atoms with E-state index >= 15 is 0 Å². The summed E-state index contributed by atoms with van der Waals surface area (Å²) >= 11 is 0. The molecule has 8 nitrogen and oxygen atoms in total. The SMILES string of the molecule is Cn1cc(-c2ccc(N)cc2)cc1C(=O)Nc1cn(C)c(C(=O)O)n1. The normalized spacial score (nSPS) is 10.6. The number of anilines is 2. The number of rotatable bonds is 4. The summed E-state index contributed by atoms with van der Waals surface area (Å²) < 4.78 is 3.03. The molecule has 1 amide bonds. The van der Waals surface area contributed by atoms with Crippen molar-refractivity contribution in [2.45, 2.75) is 0 Å². The van der Waals surface area contributed by atoms with E-state index < -0.39 is 5.97 Å². The molecule has 8 heteroatoms. The number of carboxylic acids is 1. The first-order valence-electron chi connectivity index (χ1n) is 7.45. The van der Waals surface area contributed by atoms with Gasteiger partial charge in [0.05, 0.1) is 0 Å². The van der Waals surface area contributed by atoms with Crippen molar-refractivity contribution >= 4 is 23.4 Å². The molecular formula is C17H17N5O3. The Kier molecular flexibility index (Phi) is 4.02. The molecule has 0 aliphatic carbocycles. The van der Waals surface area contributed by atoms with Crippen LogP contribution in [0.15, 0.2) is 42.7 Å². The first-order chi connectivity index (χ1) is 11.8. The minimum atomic E-state index is -1.16. The van der Waals surface area contributed by atoms with Gasteiger partial charge in [-0.1, -0.05) is 12.1 Å². The minimum absolute atomic E-state index is 0.148. The second-order valence-corrected chi connectivity index (χ2v) is 5.67. The zero-order chi connectivity index (χ0) is 18.1. The molecule has 0 radical (unpaired) electrons. The number of carbonyl (C=O) groups is 2. The van der Waals surface area contributed by atoms with Gasteiger partial charge < -0.3 is 25.3 Å². The molecule has 128 valence electrons. The number of aryl methyl sites for hydroxylation is 2. The van der Waals surface area contributed by atoms with Crippen LogP contribution < -0.4 is 11.1 Å². The van der Waals surface area contributed by atoms with Crippen LogP contribution in [0.1, 0.15) is 21.1 Å². The number of nitrogens with one attached hydrogen (secondary N) is 1. The highest BCUT2D eigenvalue weighted by Crippen LogP contribution is 2.23. The van der Waals surface area contributed by atoms with Gasteiger partial charge in [-0.2, -0.15) is 0 Å². The molecule has 0 atom stereocenters. The van der Waals surface area contributed by atoms with Crippen molar-refractivity contribution in [3.8, 4) is 11.1 Å². The number of amides is 1. The first-order valence-corrected chi connectivity index (χ1v) is 7.45. The van der Waals surface area contributed by atoms with Gasteiger partial charge in [0.1, 0.15) is 5.69 Å². The van der Waals surface area contributed by atoms with E-state index in [0.717, 1.165) is 11.1 Å². The number of benzene rings is 1. The van der Waals surface area contributed by atoms with E-state index in [-0.39, 0.29) is 17.5 Å². The quantitative estimate of drug-likeness (QED) is 0.629. The topological polar surface area (TPSA) is 115 Å². The number of nitrogens with two attached hydrogens (primary N) is 1. The molecule has 0 spiro atoms. The number of nitrogens with zero attached hydrogens (tertiary/aromatic N) is 3. The standard InChI is InChI=1S/C17H17N5O3/c1-21-8-11(10-3-5-12(18)6-4-10)7-13(21)16(23)20-14-9-22(2)15(19-14)17(24)25/h3-9H,18H2,1-2H3,(H,20,23)(H,24,25). The molecule has 4 N–H and O–H groups in total. The van der Waals surface area contributed by atoms with Crippen molar-refractivity contribution in [3.63, 3.8) is 0 Å². The van der Waals surface area contributed by atoms with Gasteiger partial charge in [0.2, 0.25) is 5.82 Å². The molecule has 0 aliphatic rings. The van der Waals surface area contributed by atoms with E-state index in [4.69, 9.17) is 10.8 Å². The number of aromatic carboxylic acids is 1. The van der Waals surface area contributed by atoms with Crippen LogP contribution >= 0.6 is 0 Å². The van der Waals surface area contributed by atoms with E-state index in [1.165, 1.54) is 10.8 Å². The van der Waals surface area contributed by atoms with Crippen molar-refractivity contribution in [2.24, 2.45) is 14.1 Å². The van der Waals surface area contributed by atoms with Gasteiger partial charge in [-0.05, 0) is 23.8 Å². The summed E-state index contributed by atoms with van der Waals surface area (Å²) in [6, 6.07) is 9.10. The van der Waals surface area contributed by atoms with Crippen LogP contribution in [-0.2, 0) is 14.1 Å². The third-order valence-electron chi connectivity index (χ3n) is 3.79. The molecule has 25 heavy (non-hydrogen) atoms. The zero-order valence-corrected chi connectivity index (χ0v) is 13.7. The predicted molar refractivity (Wildman–Crippen MR) is 93.4 cm³/mol. The molecule has 1 aromatic carbocycles. The highest BCUT2D eigenvalue weighted by Gasteiger charge is 2.17. The molecule has 0 saturated heterocycles. The fraction of sp³-hybridized carbons (Fsp3) is 0.118. The average Bonchev–Trinajstić information content (AvgIpc) is 3.11. The van der Waals surface area contributed by atoms with Gasteiger partial charge in [-0.15, -0.1) is 0 Å². The van der Waals surface area contributed by atoms with Gasteiger partial charge in [-0.3, -0.25) is 4.79 Å². The highest BCUT2D eigenvalue weighted by molar-refractivity contribution is 6.03. The summed E-state index contributed by atoms with van der Waals surface area (Å²) in [5.41, 5.74) is 8.60. The Hall–Kier alpha value is -3.55. The van der Waals surface area contributed by atoms with Gasteiger partial charge in [0.15, 0.2) is 5.82 Å². The number of imidazole rings is 1. The monoisotopic (exact) mass is 339 g/mol. The van der Waals surface area contributed by atoms with Gasteiger partial charge in [-0.25, -0.2) is 9.78 Å². The van der Waals surface area contributed by atoms with Gasteiger partial charge in [0.25, 0.3) is 5.91 Å². The lowest BCUT2D eigenvalue weighted by Crippen LogP contribution is -2.15. The minimum Gasteiger partial charge on any atom is -0.475 e. The average molecular weight is 339 g/mol. The van der Waals surface area contributed by atoms with Crippen molar-refractivity contribution in [3.05, 3.63) is 54.2 Å². The van der Waals surface area contributed by atoms with Crippen LogP contribution in [0.5, 0.6) is 0 Å². The lowest BCUT2D eigenvalue weighted by molar-refractivity contribution is 0.0679. The zero-order valence-electron chi connectivity index (χ0n) is 13.7. The molecule has 3 rings (SSSR count). The lowest BCUT2D eigenvalue weighted by atomic mass is 10.1. The maximum Gasteiger partial charge on any atom is 0.372 e. The number of nitrogen functional groups attached to an aromatic ring is 1. The molecule has 0 unspecified atom stereocenters. The predicted octanol–water partition coefficient (Wildman–Crippen LogP) is 1.96. The molecule has 0 aliphatic heterocycles. The van der Waals surface area contributed by atoms with Crippen molar-refractivity contribution in [1.82, 2.24) is 14.1 Å². The fourth-order valence-electron chi connectivity index (χ4n) is 2.53. The van der Waals surface area contributed by atoms with Crippen molar-refractivity contribution in [1.29, 1.82) is 0 Å². The van der Waals surface area contributed by atoms with Crippen LogP contribution in [-0.4, -0.2) is 31.1 Å². The van der Waals surface area contributed by atoms with Crippen LogP contribution in [0, 0.1) is 0 Å². The van der Waals surface area contributed by atoms with Crippen LogP contribution in [0.3, 0.4) is 0 Å². The number of carboxylic acid groups (broad SMARTS) is 1. The summed E-state index contributed by atoms with van der Waals surface area (Å²) in [6.07, 6.45) is 3.28. The van der Waals surface area contributed by atoms with E-state index in [1.54, 1.807) is 36.9 Å². The number of aromatic nitrogens is 3. The summed E-state index contributed by atoms with van der Waals surface area (Å²) in [6.45, 7) is 0. The Morgan fingerprint density at radius 2 is 1.76 bits per heavy atom. The second-order valence-electron chi connectivity index (χ2n) is 5.67. The summed E-state index contributed by atoms with van der Waals surface area (Å²) in [7, 11) is 3.31. The second kappa shape index (κ2) is 6.16. The van der Waals surface area contributed by atoms with E-state index in [0.29, 0.717) is 11.4 Å². The van der Waals surface area contributed by atoms with Crippen LogP contribution in [0.2, 0.25) is 0 Å². The van der Waals surface area contributed by atoms with Gasteiger partial charge in [0, 0.05) is 37.7 Å². The van der Waals surface area contributed by atoms with Gasteiger partial charge >= 0.3 is 5.97 Å². The maximum absolute atomic E-state index is 12.5. The Morgan fingerprint density at radius 3 is 2.36 bits per heavy atom. The van der Waals surface area contributed by atoms with Crippen molar-refractivity contribution in [2.75, 3.05) is 11.1 Å². The van der Waals surface area contributed by atoms with E-state index in [1.807, 2.05) is 18.3 Å². The van der Waals surface area contributed by atoms with E-state index in [9.17, 15) is 9.59 Å². The molecule has 3 aromatic rings. The first kappa shape index (κ1) is 16.3. The highest BCUT2D eigenvalue weighted by atomic mass is 16.4. The van der Waals surface area contributed by atoms with Crippen molar-refractivity contribution < 1.29 is 14.7 Å². The Labute approximate surface area is 143 Å². The number of hydrogen-bond acceptors (Lipinski definition) is 4. The Balaban J connectivity index is 1.84. The molecule has 0 bridgehead atoms. The smallest absolute Gasteiger partial charge is 0.372 e. The molecular weight excluding hydrogens is 322 g/mol. The number of carbonyl (C=O) groups excluding carboxylic acids is 1. The Morgan fingerprint density at radius 1 is 1.08 bits per heavy atom. The van der Waals surface area contributed by atoms with Crippen LogP contribution in [0.25, 0.3) is 11.1 Å². The number of hydrogen-bond donors (Lipinski definition) is 3. The third kappa shape index (κ3) is 3.23. The summed E-state index contributed by atoms with van der Waals surface area (Å²) in [4.78, 5) is 27.4. The molecule has 2 aromatic heterocycles. The molecule has 0 fully saturated rings. The van der Waals surface area contributed by atoms with E-state index in [2.05, 4.69) is 10.3 Å². The van der Waals surface area contributed by atoms with Crippen LogP contribution in [0.4, 0.5) is 11.5 Å². The lowest BCUT2D eigenvalue weighted by Gasteiger charge is -2.02. The molecule has 0 saturated carbocycles. The Bertz CT molecular complexity index is 953. The largest absolute Gasteiger partial charge is 0.475 e. The third-order valence-corrected chi connectivity index (χ3v) is 3.79. The summed E-state index contributed by atoms with van der Waals surface area (Å²) in [5, 5.41) is 11.6. The summed E-state index contributed by atoms with van der Waals surface area (Å²) in [5.74, 6) is -1.50. The molecule has 2 heterocycles.